The highest BCUT2D eigenvalue weighted by atomic mass is 32.1. The molecule has 5 rings (SSSR count). The van der Waals surface area contributed by atoms with Crippen LogP contribution in [0.2, 0.25) is 0 Å². The fourth-order valence-corrected chi connectivity index (χ4v) is 5.99. The number of carbonyl (C=O) groups is 2. The van der Waals surface area contributed by atoms with Crippen molar-refractivity contribution in [2.45, 2.75) is 38.6 Å². The summed E-state index contributed by atoms with van der Waals surface area (Å²) < 4.78 is 10.9. The summed E-state index contributed by atoms with van der Waals surface area (Å²) in [4.78, 5) is 30.4. The Hall–Kier alpha value is -3.58. The Labute approximate surface area is 215 Å². The maximum absolute atomic E-state index is 14.0. The Kier molecular flexibility index (Phi) is 6.58. The Morgan fingerprint density at radius 1 is 1.03 bits per heavy atom. The van der Waals surface area contributed by atoms with Gasteiger partial charge in [-0.05, 0) is 53.6 Å². The van der Waals surface area contributed by atoms with Crippen molar-refractivity contribution in [2.24, 2.45) is 5.92 Å². The van der Waals surface area contributed by atoms with Crippen LogP contribution in [-0.4, -0.2) is 25.9 Å². The number of fused-ring (bicyclic) bond motifs is 1. The third kappa shape index (κ3) is 4.17. The summed E-state index contributed by atoms with van der Waals surface area (Å²) in [6.45, 7) is 3.81. The van der Waals surface area contributed by atoms with E-state index in [1.807, 2.05) is 78.7 Å². The van der Waals surface area contributed by atoms with Gasteiger partial charge in [-0.2, -0.15) is 0 Å². The number of para-hydroxylation sites is 2. The molecular formula is C29H30N2O4S. The summed E-state index contributed by atoms with van der Waals surface area (Å²) in [5.74, 6) is 1.10. The first kappa shape index (κ1) is 24.1. The van der Waals surface area contributed by atoms with Gasteiger partial charge in [0.1, 0.15) is 6.04 Å². The van der Waals surface area contributed by atoms with Crippen LogP contribution in [0.4, 0.5) is 11.4 Å². The Morgan fingerprint density at radius 3 is 2.50 bits per heavy atom. The number of anilines is 2. The second-order valence-corrected chi connectivity index (χ2v) is 10.4. The van der Waals surface area contributed by atoms with Crippen LogP contribution < -0.4 is 19.7 Å². The number of allylic oxidation sites excluding steroid dienone is 1. The first-order chi connectivity index (χ1) is 17.4. The zero-order valence-corrected chi connectivity index (χ0v) is 21.7. The number of nitrogens with one attached hydrogen (secondary N) is 1. The van der Waals surface area contributed by atoms with Crippen LogP contribution in [0.1, 0.15) is 49.1 Å². The molecule has 2 aromatic carbocycles. The predicted molar refractivity (Wildman–Crippen MR) is 143 cm³/mol. The first-order valence-electron chi connectivity index (χ1n) is 12.1. The minimum Gasteiger partial charge on any atom is -0.493 e. The van der Waals surface area contributed by atoms with Gasteiger partial charge < -0.3 is 14.8 Å². The molecule has 186 valence electrons. The predicted octanol–water partition coefficient (Wildman–Crippen LogP) is 6.32. The van der Waals surface area contributed by atoms with Gasteiger partial charge in [0.05, 0.1) is 25.6 Å². The van der Waals surface area contributed by atoms with E-state index < -0.39 is 6.04 Å². The molecule has 3 aromatic rings. The third-order valence-corrected chi connectivity index (χ3v) is 7.84. The van der Waals surface area contributed by atoms with Crippen LogP contribution in [0.5, 0.6) is 11.5 Å². The molecule has 1 aliphatic heterocycles. The van der Waals surface area contributed by atoms with Crippen LogP contribution >= 0.6 is 11.3 Å². The van der Waals surface area contributed by atoms with Gasteiger partial charge in [0.2, 0.25) is 5.91 Å². The summed E-state index contributed by atoms with van der Waals surface area (Å²) >= 11 is 1.57. The molecule has 0 unspecified atom stereocenters. The molecular weight excluding hydrogens is 472 g/mol. The highest BCUT2D eigenvalue weighted by molar-refractivity contribution is 7.10. The molecule has 2 atom stereocenters. The number of carbonyl (C=O) groups excluding carboxylic acids is 2. The van der Waals surface area contributed by atoms with Crippen molar-refractivity contribution in [3.63, 3.8) is 0 Å². The van der Waals surface area contributed by atoms with E-state index in [0.29, 0.717) is 29.9 Å². The lowest BCUT2D eigenvalue weighted by molar-refractivity contribution is -0.121. The summed E-state index contributed by atoms with van der Waals surface area (Å²) in [6.07, 6.45) is 1.01. The highest BCUT2D eigenvalue weighted by Crippen LogP contribution is 2.49. The van der Waals surface area contributed by atoms with Crippen LogP contribution in [0.15, 0.2) is 71.2 Å². The van der Waals surface area contributed by atoms with Crippen molar-refractivity contribution in [3.05, 3.63) is 81.7 Å². The lowest BCUT2D eigenvalue weighted by Crippen LogP contribution is -2.40. The molecule has 0 bridgehead atoms. The van der Waals surface area contributed by atoms with Crippen molar-refractivity contribution in [1.82, 2.24) is 0 Å². The highest BCUT2D eigenvalue weighted by Gasteiger charge is 2.42. The number of benzene rings is 2. The lowest BCUT2D eigenvalue weighted by atomic mass is 9.79. The zero-order valence-electron chi connectivity index (χ0n) is 20.9. The van der Waals surface area contributed by atoms with Gasteiger partial charge in [0.15, 0.2) is 17.3 Å². The molecule has 2 aliphatic rings. The molecule has 0 saturated carbocycles. The van der Waals surface area contributed by atoms with E-state index in [2.05, 4.69) is 5.32 Å². The number of ether oxygens (including phenoxy) is 2. The number of hydrogen-bond donors (Lipinski definition) is 1. The standard InChI is InChI=1S/C29H30N2O4S/c1-17(2)29(33)31-22-9-6-5-8-20(22)30-21-14-19(18-11-12-24(34-3)25(16-18)35-4)15-23(32)27(21)28(31)26-10-7-13-36-26/h5-13,16-17,19,28,30H,14-15H2,1-4H3/t19-,28-/m1/s1. The second kappa shape index (κ2) is 9.82. The molecule has 0 saturated heterocycles. The number of amides is 1. The van der Waals surface area contributed by atoms with E-state index in [0.717, 1.165) is 27.5 Å². The molecule has 0 spiro atoms. The van der Waals surface area contributed by atoms with Gasteiger partial charge in [0, 0.05) is 28.5 Å². The van der Waals surface area contributed by atoms with Gasteiger partial charge in [-0.3, -0.25) is 14.5 Å². The molecule has 7 heteroatoms. The van der Waals surface area contributed by atoms with E-state index in [-0.39, 0.29) is 23.5 Å². The van der Waals surface area contributed by atoms with Gasteiger partial charge >= 0.3 is 0 Å². The minimum atomic E-state index is -0.468. The van der Waals surface area contributed by atoms with Crippen LogP contribution in [0.3, 0.4) is 0 Å². The molecule has 6 nitrogen and oxygen atoms in total. The smallest absolute Gasteiger partial charge is 0.230 e. The Morgan fingerprint density at radius 2 is 1.81 bits per heavy atom. The molecule has 1 N–H and O–H groups in total. The molecule has 36 heavy (non-hydrogen) atoms. The summed E-state index contributed by atoms with van der Waals surface area (Å²) in [5, 5.41) is 5.57. The zero-order chi connectivity index (χ0) is 25.4. The largest absolute Gasteiger partial charge is 0.493 e. The average Bonchev–Trinajstić information content (AvgIpc) is 3.37. The molecule has 1 aliphatic carbocycles. The van der Waals surface area contributed by atoms with Crippen molar-refractivity contribution in [1.29, 1.82) is 0 Å². The number of rotatable bonds is 5. The summed E-state index contributed by atoms with van der Waals surface area (Å²) in [5.41, 5.74) is 4.20. The Balaban J connectivity index is 1.65. The maximum atomic E-state index is 14.0. The first-order valence-corrected chi connectivity index (χ1v) is 13.0. The quantitative estimate of drug-likeness (QED) is 0.442. The number of methoxy groups -OCH3 is 2. The Bertz CT molecular complexity index is 1330. The molecule has 2 heterocycles. The average molecular weight is 503 g/mol. The number of thiophene rings is 1. The summed E-state index contributed by atoms with van der Waals surface area (Å²) in [7, 11) is 3.23. The minimum absolute atomic E-state index is 0.00813. The van der Waals surface area contributed by atoms with E-state index in [1.165, 1.54) is 0 Å². The molecule has 1 amide bonds. The van der Waals surface area contributed by atoms with Crippen molar-refractivity contribution < 1.29 is 19.1 Å². The SMILES string of the molecule is COc1ccc([C@H]2CC(=O)C3=C(C2)Nc2ccccc2N(C(=O)C(C)C)[C@@H]3c2cccs2)cc1OC. The van der Waals surface area contributed by atoms with Gasteiger partial charge in [0.25, 0.3) is 0 Å². The fourth-order valence-electron chi connectivity index (χ4n) is 5.17. The molecule has 0 fully saturated rings. The van der Waals surface area contributed by atoms with Crippen LogP contribution in [0, 0.1) is 5.92 Å². The van der Waals surface area contributed by atoms with Gasteiger partial charge in [-0.15, -0.1) is 11.3 Å². The number of nitrogens with zero attached hydrogens (tertiary/aromatic N) is 1. The van der Waals surface area contributed by atoms with Crippen molar-refractivity contribution in [2.75, 3.05) is 24.4 Å². The number of hydrogen-bond acceptors (Lipinski definition) is 6. The summed E-state index contributed by atoms with van der Waals surface area (Å²) in [6, 6.07) is 17.2. The number of Topliss-reactive ketones (excluding diaryl/α,β-unsaturated/α-hetero) is 1. The lowest BCUT2D eigenvalue weighted by Gasteiger charge is -2.35. The van der Waals surface area contributed by atoms with Crippen LogP contribution in [0.25, 0.3) is 0 Å². The normalized spacial score (nSPS) is 19.4. The number of ketones is 1. The molecule has 1 aromatic heterocycles. The maximum Gasteiger partial charge on any atom is 0.230 e. The fraction of sp³-hybridized carbons (Fsp3) is 0.310. The van der Waals surface area contributed by atoms with Crippen molar-refractivity contribution in [3.8, 4) is 11.5 Å². The monoisotopic (exact) mass is 502 g/mol. The van der Waals surface area contributed by atoms with Gasteiger partial charge in [-0.1, -0.05) is 38.1 Å². The van der Waals surface area contributed by atoms with Gasteiger partial charge in [-0.25, -0.2) is 0 Å². The third-order valence-electron chi connectivity index (χ3n) is 6.91. The topological polar surface area (TPSA) is 67.9 Å². The van der Waals surface area contributed by atoms with E-state index >= 15 is 0 Å². The molecule has 0 radical (unpaired) electrons. The van der Waals surface area contributed by atoms with E-state index in [4.69, 9.17) is 9.47 Å². The van der Waals surface area contributed by atoms with E-state index in [9.17, 15) is 9.59 Å². The van der Waals surface area contributed by atoms with Crippen molar-refractivity contribution >= 4 is 34.4 Å². The van der Waals surface area contributed by atoms with Crippen LogP contribution in [-0.2, 0) is 9.59 Å². The second-order valence-electron chi connectivity index (χ2n) is 9.46. The van der Waals surface area contributed by atoms with E-state index in [1.54, 1.807) is 25.6 Å².